The molecule has 182 valence electrons. The molecule has 3 saturated carbocycles. The molecule has 0 aromatic heterocycles. The molecule has 1 N–H and O–H groups in total. The first-order valence-electron chi connectivity index (χ1n) is 11.6. The summed E-state index contributed by atoms with van der Waals surface area (Å²) in [6.45, 7) is 7.06. The third kappa shape index (κ3) is 2.84. The number of ether oxygens (including phenoxy) is 2. The van der Waals surface area contributed by atoms with Crippen LogP contribution in [0.2, 0.25) is 0 Å². The highest BCUT2D eigenvalue weighted by atomic mass is 35.5. The Labute approximate surface area is 198 Å². The molecule has 0 saturated heterocycles. The van der Waals surface area contributed by atoms with Gasteiger partial charge in [-0.1, -0.05) is 33.8 Å². The summed E-state index contributed by atoms with van der Waals surface area (Å²) in [6, 6.07) is 0. The van der Waals surface area contributed by atoms with Crippen molar-refractivity contribution < 1.29 is 33.4 Å². The summed E-state index contributed by atoms with van der Waals surface area (Å²) in [5.74, 6) is -2.78. The van der Waals surface area contributed by atoms with Gasteiger partial charge in [-0.2, -0.15) is 0 Å². The van der Waals surface area contributed by atoms with E-state index in [1.165, 1.54) is 19.3 Å². The fourth-order valence-electron chi connectivity index (χ4n) is 7.62. The summed E-state index contributed by atoms with van der Waals surface area (Å²) in [6.07, 6.45) is 2.33. The molecule has 4 aliphatic rings. The van der Waals surface area contributed by atoms with Gasteiger partial charge in [-0.25, -0.2) is 9.18 Å². The molecular weight excluding hydrogens is 451 g/mol. The number of methoxy groups -OCH3 is 1. The minimum absolute atomic E-state index is 0.00898. The van der Waals surface area contributed by atoms with Gasteiger partial charge in [-0.3, -0.25) is 9.59 Å². The Morgan fingerprint density at radius 2 is 1.94 bits per heavy atom. The number of halogens is 2. The van der Waals surface area contributed by atoms with E-state index in [0.717, 1.165) is 0 Å². The van der Waals surface area contributed by atoms with Crippen molar-refractivity contribution >= 4 is 29.3 Å². The maximum atomic E-state index is 15.6. The predicted molar refractivity (Wildman–Crippen MR) is 119 cm³/mol. The molecule has 0 spiro atoms. The zero-order valence-electron chi connectivity index (χ0n) is 19.7. The van der Waals surface area contributed by atoms with E-state index in [1.807, 2.05) is 13.8 Å². The van der Waals surface area contributed by atoms with Crippen LogP contribution in [0, 0.1) is 28.6 Å². The summed E-state index contributed by atoms with van der Waals surface area (Å²) in [5.41, 5.74) is -3.42. The molecule has 3 fully saturated rings. The number of hydrogen-bond donors (Lipinski definition) is 1. The molecule has 4 aliphatic carbocycles. The van der Waals surface area contributed by atoms with Crippen LogP contribution in [0.15, 0.2) is 23.8 Å². The number of carbonyl (C=O) groups excluding carboxylic acids is 3. The Morgan fingerprint density at radius 3 is 2.55 bits per heavy atom. The maximum absolute atomic E-state index is 15.6. The first-order valence-corrected chi connectivity index (χ1v) is 12.0. The van der Waals surface area contributed by atoms with Crippen LogP contribution in [0.5, 0.6) is 0 Å². The third-order valence-electron chi connectivity index (χ3n) is 9.22. The van der Waals surface area contributed by atoms with Gasteiger partial charge in [0.15, 0.2) is 5.78 Å². The number of aliphatic hydroxyl groups is 1. The lowest BCUT2D eigenvalue weighted by molar-refractivity contribution is -0.215. The van der Waals surface area contributed by atoms with Gasteiger partial charge in [0, 0.05) is 23.2 Å². The summed E-state index contributed by atoms with van der Waals surface area (Å²) in [4.78, 5) is 36.5. The van der Waals surface area contributed by atoms with Crippen molar-refractivity contribution in [2.45, 2.75) is 76.1 Å². The van der Waals surface area contributed by atoms with Crippen molar-refractivity contribution in [3.8, 4) is 0 Å². The van der Waals surface area contributed by atoms with Crippen LogP contribution in [0.4, 0.5) is 4.39 Å². The number of aliphatic hydroxyl groups excluding tert-OH is 1. The zero-order chi connectivity index (χ0) is 24.6. The molecule has 33 heavy (non-hydrogen) atoms. The minimum atomic E-state index is -1.61. The zero-order valence-corrected chi connectivity index (χ0v) is 20.4. The standard InChI is InChI=1S/C25H32ClFO6/c1-6-20(30)33-25(21(31)32-5)13(2)9-15-16-11-18(27)17-10-14(28)7-8-22(17,3)24(16,26)19(29)12-23(15,25)4/h7-8,10,13,15-16,18-19,29H,6,9,11-12H2,1-5H3/t13-,15+,16+,18+,19-,22+,23+,24+,25+/m1/s1. The normalized spacial score (nSPS) is 48.3. The number of esters is 2. The van der Waals surface area contributed by atoms with Gasteiger partial charge in [0.2, 0.25) is 5.60 Å². The largest absolute Gasteiger partial charge is 0.466 e. The quantitative estimate of drug-likeness (QED) is 0.487. The number of fused-ring (bicyclic) bond motifs is 5. The molecule has 0 aliphatic heterocycles. The molecule has 4 rings (SSSR count). The van der Waals surface area contributed by atoms with Crippen molar-refractivity contribution in [1.82, 2.24) is 0 Å². The second kappa shape index (κ2) is 7.64. The van der Waals surface area contributed by atoms with E-state index in [-0.39, 0.29) is 36.5 Å². The van der Waals surface area contributed by atoms with Gasteiger partial charge >= 0.3 is 11.9 Å². The molecule has 0 aromatic rings. The van der Waals surface area contributed by atoms with Gasteiger partial charge in [-0.05, 0) is 48.8 Å². The van der Waals surface area contributed by atoms with Gasteiger partial charge in [0.25, 0.3) is 0 Å². The number of hydrogen-bond acceptors (Lipinski definition) is 6. The molecule has 0 heterocycles. The van der Waals surface area contributed by atoms with E-state index in [1.54, 1.807) is 19.9 Å². The minimum Gasteiger partial charge on any atom is -0.466 e. The molecule has 0 bridgehead atoms. The number of carbonyl (C=O) groups is 3. The number of ketones is 1. The lowest BCUT2D eigenvalue weighted by Crippen LogP contribution is -2.70. The van der Waals surface area contributed by atoms with Crippen molar-refractivity contribution in [3.63, 3.8) is 0 Å². The van der Waals surface area contributed by atoms with Crippen LogP contribution < -0.4 is 0 Å². The molecule has 8 heteroatoms. The van der Waals surface area contributed by atoms with Crippen molar-refractivity contribution in [2.24, 2.45) is 28.6 Å². The lowest BCUT2D eigenvalue weighted by Gasteiger charge is -2.64. The summed E-state index contributed by atoms with van der Waals surface area (Å²) >= 11 is 7.33. The SMILES string of the molecule is CCC(=O)O[C@]1(C(=O)OC)[C@H](C)C[C@H]2[C@@H]3C[C@H](F)C4=CC(=O)C=C[C@]4(C)[C@@]3(Cl)[C@H](O)C[C@@]21C. The molecule has 0 aromatic carbocycles. The van der Waals surface area contributed by atoms with Crippen molar-refractivity contribution in [2.75, 3.05) is 7.11 Å². The average molecular weight is 483 g/mol. The Morgan fingerprint density at radius 1 is 1.27 bits per heavy atom. The predicted octanol–water partition coefficient (Wildman–Crippen LogP) is 3.69. The summed E-state index contributed by atoms with van der Waals surface area (Å²) in [7, 11) is 1.25. The van der Waals surface area contributed by atoms with Gasteiger partial charge < -0.3 is 14.6 Å². The molecule has 0 radical (unpaired) electrons. The molecule has 0 amide bonds. The Kier molecular flexibility index (Phi) is 5.65. The smallest absolute Gasteiger partial charge is 0.351 e. The maximum Gasteiger partial charge on any atom is 0.351 e. The van der Waals surface area contributed by atoms with E-state index < -0.39 is 57.4 Å². The highest BCUT2D eigenvalue weighted by Gasteiger charge is 2.77. The lowest BCUT2D eigenvalue weighted by atomic mass is 9.45. The molecule has 0 unspecified atom stereocenters. The second-order valence-corrected chi connectivity index (χ2v) is 11.2. The second-order valence-electron chi connectivity index (χ2n) is 10.6. The van der Waals surface area contributed by atoms with Gasteiger partial charge in [0.1, 0.15) is 6.17 Å². The first kappa shape index (κ1) is 24.4. The number of alkyl halides is 2. The van der Waals surface area contributed by atoms with Crippen LogP contribution in [0.1, 0.15) is 53.4 Å². The van der Waals surface area contributed by atoms with Gasteiger partial charge in [0.05, 0.1) is 18.1 Å². The van der Waals surface area contributed by atoms with Gasteiger partial charge in [-0.15, -0.1) is 11.6 Å². The fraction of sp³-hybridized carbons (Fsp3) is 0.720. The van der Waals surface area contributed by atoms with Crippen molar-refractivity contribution in [3.05, 3.63) is 23.8 Å². The summed E-state index contributed by atoms with van der Waals surface area (Å²) < 4.78 is 26.6. The molecule has 9 atom stereocenters. The Balaban J connectivity index is 1.88. The number of allylic oxidation sites excluding steroid dienone is 4. The van der Waals surface area contributed by atoms with Crippen molar-refractivity contribution in [1.29, 1.82) is 0 Å². The third-order valence-corrected chi connectivity index (χ3v) is 10.1. The van der Waals surface area contributed by atoms with Crippen LogP contribution in [0.25, 0.3) is 0 Å². The molecule has 6 nitrogen and oxygen atoms in total. The highest BCUT2D eigenvalue weighted by Crippen LogP contribution is 2.72. The van der Waals surface area contributed by atoms with E-state index in [2.05, 4.69) is 0 Å². The highest BCUT2D eigenvalue weighted by molar-refractivity contribution is 6.26. The Bertz CT molecular complexity index is 963. The van der Waals surface area contributed by atoms with Crippen LogP contribution in [-0.2, 0) is 23.9 Å². The van der Waals surface area contributed by atoms with E-state index in [9.17, 15) is 19.5 Å². The van der Waals surface area contributed by atoms with E-state index >= 15 is 4.39 Å². The molecular formula is C25H32ClFO6. The summed E-state index contributed by atoms with van der Waals surface area (Å²) in [5, 5.41) is 11.6. The van der Waals surface area contributed by atoms with E-state index in [0.29, 0.717) is 6.42 Å². The fourth-order valence-corrected chi connectivity index (χ4v) is 8.11. The topological polar surface area (TPSA) is 89.9 Å². The first-order chi connectivity index (χ1) is 15.3. The monoisotopic (exact) mass is 482 g/mol. The van der Waals surface area contributed by atoms with Crippen LogP contribution in [-0.4, -0.2) is 52.7 Å². The average Bonchev–Trinajstić information content (AvgIpc) is 2.98. The van der Waals surface area contributed by atoms with Crippen LogP contribution in [0.3, 0.4) is 0 Å². The van der Waals surface area contributed by atoms with E-state index in [4.69, 9.17) is 21.1 Å². The Hall–Kier alpha value is -1.73. The number of rotatable bonds is 3. The van der Waals surface area contributed by atoms with Crippen LogP contribution >= 0.6 is 11.6 Å².